The van der Waals surface area contributed by atoms with Crippen LogP contribution in [0.3, 0.4) is 0 Å². The van der Waals surface area contributed by atoms with E-state index in [-0.39, 0.29) is 11.6 Å². The van der Waals surface area contributed by atoms with Crippen LogP contribution in [0.15, 0.2) is 47.6 Å². The molecule has 1 aromatic carbocycles. The predicted molar refractivity (Wildman–Crippen MR) is 110 cm³/mol. The maximum Gasteiger partial charge on any atom is 0.219 e. The number of rotatable bonds is 4. The first-order valence-corrected chi connectivity index (χ1v) is 10.9. The molecular formula is C20H25FN4O3S. The fourth-order valence-corrected chi connectivity index (χ4v) is 4.43. The molecule has 0 atom stereocenters. The molecule has 1 aliphatic rings. The van der Waals surface area contributed by atoms with Crippen molar-refractivity contribution in [2.24, 2.45) is 4.99 Å². The van der Waals surface area contributed by atoms with Crippen molar-refractivity contribution < 1.29 is 17.5 Å². The van der Waals surface area contributed by atoms with Crippen LogP contribution < -0.4 is 10.1 Å². The summed E-state index contributed by atoms with van der Waals surface area (Å²) in [4.78, 5) is 10.5. The van der Waals surface area contributed by atoms with Gasteiger partial charge in [0.1, 0.15) is 11.6 Å². The van der Waals surface area contributed by atoms with Gasteiger partial charge in [-0.15, -0.1) is 0 Å². The van der Waals surface area contributed by atoms with E-state index in [0.717, 1.165) is 5.56 Å². The zero-order chi connectivity index (χ0) is 21.1. The molecule has 0 radical (unpaired) electrons. The number of nitrogens with zero attached hydrogens (tertiary/aromatic N) is 3. The van der Waals surface area contributed by atoms with E-state index in [0.29, 0.717) is 37.2 Å². The molecule has 0 amide bonds. The summed E-state index contributed by atoms with van der Waals surface area (Å²) in [6.07, 6.45) is 1.67. The second-order valence-electron chi connectivity index (χ2n) is 7.47. The number of aromatic nitrogens is 1. The molecule has 1 saturated heterocycles. The molecule has 2 heterocycles. The van der Waals surface area contributed by atoms with E-state index in [2.05, 4.69) is 15.3 Å². The first kappa shape index (κ1) is 21.0. The summed E-state index contributed by atoms with van der Waals surface area (Å²) < 4.78 is 42.3. The Morgan fingerprint density at radius 1 is 1.34 bits per heavy atom. The molecule has 9 heteroatoms. The molecule has 0 spiro atoms. The highest BCUT2D eigenvalue weighted by Crippen LogP contribution is 2.24. The highest BCUT2D eigenvalue weighted by Gasteiger charge is 2.40. The summed E-state index contributed by atoms with van der Waals surface area (Å²) in [7, 11) is -1.43. The second kappa shape index (κ2) is 8.36. The van der Waals surface area contributed by atoms with Gasteiger partial charge in [-0.25, -0.2) is 17.8 Å². The smallest absolute Gasteiger partial charge is 0.219 e. The van der Waals surface area contributed by atoms with Gasteiger partial charge < -0.3 is 15.0 Å². The number of halogens is 1. The molecule has 1 N–H and O–H groups in total. The normalized spacial score (nSPS) is 18.3. The summed E-state index contributed by atoms with van der Waals surface area (Å²) in [5, 5.41) is 3.25. The minimum Gasteiger partial charge on any atom is -0.439 e. The molecule has 0 aliphatic carbocycles. The Labute approximate surface area is 170 Å². The fourth-order valence-electron chi connectivity index (χ4n) is 3.06. The molecule has 29 heavy (non-hydrogen) atoms. The van der Waals surface area contributed by atoms with Gasteiger partial charge in [-0.1, -0.05) is 12.1 Å². The Morgan fingerprint density at radius 3 is 2.76 bits per heavy atom. The molecule has 0 saturated carbocycles. The Hall–Kier alpha value is -2.68. The average molecular weight is 421 g/mol. The Bertz CT molecular complexity index is 991. The number of hydrogen-bond acceptors (Lipinski definition) is 5. The van der Waals surface area contributed by atoms with Gasteiger partial charge in [-0.05, 0) is 31.5 Å². The molecule has 1 aliphatic heterocycles. The van der Waals surface area contributed by atoms with E-state index in [9.17, 15) is 12.8 Å². The maximum absolute atomic E-state index is 13.2. The van der Waals surface area contributed by atoms with Crippen molar-refractivity contribution in [1.82, 2.24) is 15.2 Å². The number of pyridine rings is 1. The summed E-state index contributed by atoms with van der Waals surface area (Å²) in [6, 6.07) is 9.43. The van der Waals surface area contributed by atoms with Gasteiger partial charge in [0, 0.05) is 45.0 Å². The van der Waals surface area contributed by atoms with Crippen LogP contribution >= 0.6 is 0 Å². The van der Waals surface area contributed by atoms with Gasteiger partial charge in [-0.3, -0.25) is 4.99 Å². The lowest BCUT2D eigenvalue weighted by Crippen LogP contribution is -2.57. The second-order valence-corrected chi connectivity index (χ2v) is 10.2. The van der Waals surface area contributed by atoms with Crippen LogP contribution in [-0.2, 0) is 16.4 Å². The van der Waals surface area contributed by atoms with Gasteiger partial charge in [-0.2, -0.15) is 0 Å². The Balaban J connectivity index is 1.59. The number of guanidine groups is 1. The first-order valence-electron chi connectivity index (χ1n) is 9.26. The Kier molecular flexibility index (Phi) is 6.07. The monoisotopic (exact) mass is 420 g/mol. The lowest BCUT2D eigenvalue weighted by atomic mass is 10.2. The van der Waals surface area contributed by atoms with Gasteiger partial charge in [0.15, 0.2) is 15.8 Å². The fraction of sp³-hybridized carbons (Fsp3) is 0.400. The highest BCUT2D eigenvalue weighted by atomic mass is 32.2. The maximum atomic E-state index is 13.2. The number of ether oxygens (including phenoxy) is 1. The van der Waals surface area contributed by atoms with E-state index < -0.39 is 14.6 Å². The molecule has 0 bridgehead atoms. The van der Waals surface area contributed by atoms with Crippen LogP contribution in [0.1, 0.15) is 19.4 Å². The summed E-state index contributed by atoms with van der Waals surface area (Å²) >= 11 is 0. The topological polar surface area (TPSA) is 83.9 Å². The molecule has 1 fully saturated rings. The molecular weight excluding hydrogens is 395 g/mol. The number of aliphatic imine (C=N–C) groups is 1. The molecule has 156 valence electrons. The third-order valence-corrected chi connectivity index (χ3v) is 7.35. The van der Waals surface area contributed by atoms with Gasteiger partial charge in [0.25, 0.3) is 0 Å². The van der Waals surface area contributed by atoms with Gasteiger partial charge in [0.05, 0.1) is 10.5 Å². The van der Waals surface area contributed by atoms with Crippen molar-refractivity contribution >= 4 is 15.8 Å². The average Bonchev–Trinajstić information content (AvgIpc) is 2.66. The largest absolute Gasteiger partial charge is 0.439 e. The third-order valence-electron chi connectivity index (χ3n) is 4.82. The van der Waals surface area contributed by atoms with Gasteiger partial charge in [0.2, 0.25) is 5.88 Å². The number of hydrogen-bond donors (Lipinski definition) is 1. The number of sulfone groups is 1. The van der Waals surface area contributed by atoms with E-state index in [1.807, 2.05) is 11.0 Å². The number of nitrogens with one attached hydrogen (secondary N) is 1. The summed E-state index contributed by atoms with van der Waals surface area (Å²) in [6.45, 7) is 4.74. The minimum atomic E-state index is -3.11. The van der Waals surface area contributed by atoms with E-state index in [4.69, 9.17) is 4.74 Å². The van der Waals surface area contributed by atoms with Crippen LogP contribution in [0, 0.1) is 5.82 Å². The molecule has 2 aromatic rings. The van der Waals surface area contributed by atoms with Crippen LogP contribution in [0.5, 0.6) is 11.6 Å². The highest BCUT2D eigenvalue weighted by molar-refractivity contribution is 7.92. The van der Waals surface area contributed by atoms with Crippen LogP contribution in [-0.4, -0.2) is 54.9 Å². The molecule has 0 unspecified atom stereocenters. The van der Waals surface area contributed by atoms with Crippen molar-refractivity contribution in [3.8, 4) is 11.6 Å². The zero-order valence-corrected chi connectivity index (χ0v) is 17.5. The molecule has 7 nitrogen and oxygen atoms in total. The quantitative estimate of drug-likeness (QED) is 0.605. The van der Waals surface area contributed by atoms with Crippen molar-refractivity contribution in [2.45, 2.75) is 25.1 Å². The third kappa shape index (κ3) is 5.03. The molecule has 1 aromatic heterocycles. The van der Waals surface area contributed by atoms with Gasteiger partial charge >= 0.3 is 0 Å². The number of benzene rings is 1. The standard InChI is InChI=1S/C20H25FN4O3S/c1-20(2)14-25(9-10-29(20,26)27)19(22-3)24-13-15-7-8-18(23-12-15)28-17-6-4-5-16(21)11-17/h4-8,11-12H,9-10,13-14H2,1-3H3,(H,22,24). The zero-order valence-electron chi connectivity index (χ0n) is 16.7. The van der Waals surface area contributed by atoms with Crippen molar-refractivity contribution in [1.29, 1.82) is 0 Å². The lowest BCUT2D eigenvalue weighted by Gasteiger charge is -2.39. The Morgan fingerprint density at radius 2 is 2.14 bits per heavy atom. The van der Waals surface area contributed by atoms with E-state index in [1.54, 1.807) is 45.3 Å². The van der Waals surface area contributed by atoms with Crippen molar-refractivity contribution in [3.63, 3.8) is 0 Å². The van der Waals surface area contributed by atoms with Crippen molar-refractivity contribution in [2.75, 3.05) is 25.9 Å². The predicted octanol–water partition coefficient (Wildman–Crippen LogP) is 2.60. The first-order chi connectivity index (χ1) is 13.7. The minimum absolute atomic E-state index is 0.106. The van der Waals surface area contributed by atoms with Crippen LogP contribution in [0.2, 0.25) is 0 Å². The van der Waals surface area contributed by atoms with Crippen LogP contribution in [0.4, 0.5) is 4.39 Å². The van der Waals surface area contributed by atoms with Crippen LogP contribution in [0.25, 0.3) is 0 Å². The summed E-state index contributed by atoms with van der Waals surface area (Å²) in [5.41, 5.74) is 0.904. The van der Waals surface area contributed by atoms with E-state index >= 15 is 0 Å². The molecule has 3 rings (SSSR count). The SMILES string of the molecule is CN=C(NCc1ccc(Oc2cccc(F)c2)nc1)N1CCS(=O)(=O)C(C)(C)C1. The summed E-state index contributed by atoms with van der Waals surface area (Å²) in [5.74, 6) is 1.13. The van der Waals surface area contributed by atoms with E-state index in [1.165, 1.54) is 12.1 Å². The lowest BCUT2D eigenvalue weighted by molar-refractivity contribution is 0.353. The van der Waals surface area contributed by atoms with Crippen molar-refractivity contribution in [3.05, 3.63) is 54.0 Å².